The highest BCUT2D eigenvalue weighted by atomic mass is 16.6. The van der Waals surface area contributed by atoms with E-state index in [0.29, 0.717) is 23.5 Å². The summed E-state index contributed by atoms with van der Waals surface area (Å²) in [5.41, 5.74) is 0.777. The molecule has 1 saturated heterocycles. The fraction of sp³-hybridized carbons (Fsp3) is 0.250. The second-order valence-electron chi connectivity index (χ2n) is 10.2. The van der Waals surface area contributed by atoms with Crippen LogP contribution in [0.2, 0.25) is 0 Å². The molecule has 0 amide bonds. The molecule has 3 heterocycles. The van der Waals surface area contributed by atoms with Crippen molar-refractivity contribution in [3.63, 3.8) is 0 Å². The number of aliphatic hydroxyl groups excluding tert-OH is 1. The van der Waals surface area contributed by atoms with Gasteiger partial charge in [0, 0.05) is 29.3 Å². The Labute approximate surface area is 231 Å². The minimum Gasteiger partial charge on any atom is -0.457 e. The molecule has 8 heteroatoms. The van der Waals surface area contributed by atoms with E-state index >= 15 is 0 Å². The van der Waals surface area contributed by atoms with E-state index in [-0.39, 0.29) is 6.42 Å². The smallest absolute Gasteiger partial charge is 0.330 e. The number of hydrogen-bond acceptors (Lipinski definition) is 6. The number of hydrogen-bond donors (Lipinski definition) is 2. The van der Waals surface area contributed by atoms with Gasteiger partial charge >= 0.3 is 5.69 Å². The number of aromatic amines is 1. The number of aromatic nitrogens is 2. The van der Waals surface area contributed by atoms with Crippen LogP contribution in [-0.2, 0) is 15.1 Å². The van der Waals surface area contributed by atoms with Crippen molar-refractivity contribution >= 4 is 0 Å². The standard InChI is InChI=1S/C32H30N2O6/c1-3-11-27(29-24(35)18-28(39-29)34-19-20(2)30(36)33-31(34)37)40-32(21-12-5-4-6-13-21)22-14-7-9-16-25(22)38-26-17-10-8-15-23(26)32/h3-10,12-17,19,24,27-29,35H,1,11,18H2,2H3,(H,33,36,37)/t24-,27-,28+,29-/m0/s1. The van der Waals surface area contributed by atoms with Crippen molar-refractivity contribution in [2.75, 3.05) is 0 Å². The van der Waals surface area contributed by atoms with Crippen LogP contribution in [0.5, 0.6) is 11.5 Å². The van der Waals surface area contributed by atoms with Gasteiger partial charge in [0.2, 0.25) is 0 Å². The Balaban J connectivity index is 1.47. The van der Waals surface area contributed by atoms with E-state index in [1.807, 2.05) is 78.9 Å². The quantitative estimate of drug-likeness (QED) is 0.335. The van der Waals surface area contributed by atoms with Gasteiger partial charge in [-0.2, -0.15) is 0 Å². The summed E-state index contributed by atoms with van der Waals surface area (Å²) in [6.07, 6.45) is 0.561. The summed E-state index contributed by atoms with van der Waals surface area (Å²) in [6, 6.07) is 25.4. The third-order valence-electron chi connectivity index (χ3n) is 7.62. The van der Waals surface area contributed by atoms with Gasteiger partial charge in [0.1, 0.15) is 23.8 Å². The van der Waals surface area contributed by atoms with Gasteiger partial charge < -0.3 is 19.3 Å². The molecule has 2 N–H and O–H groups in total. The number of ether oxygens (including phenoxy) is 3. The molecule has 0 aliphatic carbocycles. The highest BCUT2D eigenvalue weighted by molar-refractivity contribution is 5.61. The Morgan fingerprint density at radius 3 is 2.33 bits per heavy atom. The number of aryl methyl sites for hydroxylation is 1. The number of benzene rings is 3. The first-order valence-electron chi connectivity index (χ1n) is 13.3. The van der Waals surface area contributed by atoms with Crippen LogP contribution < -0.4 is 16.0 Å². The molecule has 0 saturated carbocycles. The molecule has 2 aliphatic rings. The maximum absolute atomic E-state index is 12.6. The number of nitrogens with zero attached hydrogens (tertiary/aromatic N) is 1. The minimum atomic E-state index is -1.09. The molecule has 1 fully saturated rings. The van der Waals surface area contributed by atoms with Crippen LogP contribution >= 0.6 is 0 Å². The third kappa shape index (κ3) is 4.30. The predicted molar refractivity (Wildman–Crippen MR) is 150 cm³/mol. The Kier molecular flexibility index (Phi) is 6.75. The van der Waals surface area contributed by atoms with Gasteiger partial charge in [-0.25, -0.2) is 4.79 Å². The lowest BCUT2D eigenvalue weighted by atomic mass is 9.77. The lowest BCUT2D eigenvalue weighted by Gasteiger charge is -2.43. The third-order valence-corrected chi connectivity index (χ3v) is 7.62. The van der Waals surface area contributed by atoms with E-state index in [0.717, 1.165) is 16.7 Å². The number of para-hydroxylation sites is 2. The van der Waals surface area contributed by atoms with Gasteiger partial charge in [-0.15, -0.1) is 6.58 Å². The van der Waals surface area contributed by atoms with E-state index in [9.17, 15) is 14.7 Å². The molecule has 4 aromatic rings. The largest absolute Gasteiger partial charge is 0.457 e. The molecule has 1 aromatic heterocycles. The number of fused-ring (bicyclic) bond motifs is 2. The van der Waals surface area contributed by atoms with Crippen LogP contribution in [0.4, 0.5) is 0 Å². The first-order valence-corrected chi connectivity index (χ1v) is 13.3. The SMILES string of the molecule is C=CC[C@H](OC1(c2ccccc2)c2ccccc2Oc2ccccc21)[C@H]1O[C@@H](n2cc(C)c(=O)[nH]c2=O)C[C@@H]1O. The number of rotatable bonds is 7. The normalized spacial score (nSPS) is 21.6. The van der Waals surface area contributed by atoms with E-state index in [4.69, 9.17) is 14.2 Å². The Morgan fingerprint density at radius 2 is 1.68 bits per heavy atom. The van der Waals surface area contributed by atoms with E-state index < -0.39 is 41.4 Å². The monoisotopic (exact) mass is 538 g/mol. The molecule has 0 bridgehead atoms. The Bertz CT molecular complexity index is 1610. The van der Waals surface area contributed by atoms with Crippen LogP contribution in [0.15, 0.2) is 107 Å². The van der Waals surface area contributed by atoms with Gasteiger partial charge in [0.25, 0.3) is 5.56 Å². The van der Waals surface area contributed by atoms with E-state index in [1.54, 1.807) is 13.0 Å². The molecule has 2 aliphatic heterocycles. The van der Waals surface area contributed by atoms with E-state index in [2.05, 4.69) is 11.6 Å². The summed E-state index contributed by atoms with van der Waals surface area (Å²) in [4.78, 5) is 26.8. The summed E-state index contributed by atoms with van der Waals surface area (Å²) >= 11 is 0. The first kappa shape index (κ1) is 26.0. The predicted octanol–water partition coefficient (Wildman–Crippen LogP) is 4.55. The molecular weight excluding hydrogens is 508 g/mol. The molecule has 204 valence electrons. The van der Waals surface area contributed by atoms with Crippen molar-refractivity contribution in [2.24, 2.45) is 0 Å². The van der Waals surface area contributed by atoms with Crippen LogP contribution in [0.1, 0.15) is 41.3 Å². The second-order valence-corrected chi connectivity index (χ2v) is 10.2. The Morgan fingerprint density at radius 1 is 1.05 bits per heavy atom. The zero-order chi connectivity index (χ0) is 27.9. The fourth-order valence-electron chi connectivity index (χ4n) is 5.76. The van der Waals surface area contributed by atoms with Crippen molar-refractivity contribution in [3.8, 4) is 11.5 Å². The van der Waals surface area contributed by atoms with Gasteiger partial charge in [-0.1, -0.05) is 72.8 Å². The molecule has 0 radical (unpaired) electrons. The Hall–Kier alpha value is -4.24. The minimum absolute atomic E-state index is 0.154. The summed E-state index contributed by atoms with van der Waals surface area (Å²) in [5, 5.41) is 11.3. The van der Waals surface area contributed by atoms with E-state index in [1.165, 1.54) is 10.8 Å². The lowest BCUT2D eigenvalue weighted by molar-refractivity contribution is -0.144. The summed E-state index contributed by atoms with van der Waals surface area (Å²) in [5.74, 6) is 1.34. The van der Waals surface area contributed by atoms with Crippen molar-refractivity contribution in [3.05, 3.63) is 141 Å². The van der Waals surface area contributed by atoms with Crippen LogP contribution in [0.3, 0.4) is 0 Å². The molecule has 0 unspecified atom stereocenters. The average Bonchev–Trinajstić information content (AvgIpc) is 3.36. The van der Waals surface area contributed by atoms with Crippen molar-refractivity contribution in [1.82, 2.24) is 9.55 Å². The highest BCUT2D eigenvalue weighted by Crippen LogP contribution is 2.53. The van der Waals surface area contributed by atoms with Gasteiger partial charge in [0.05, 0.1) is 12.2 Å². The van der Waals surface area contributed by atoms with Gasteiger partial charge in [0.15, 0.2) is 5.60 Å². The second kappa shape index (κ2) is 10.4. The summed E-state index contributed by atoms with van der Waals surface area (Å²) < 4.78 is 21.1. The first-order chi connectivity index (χ1) is 19.4. The van der Waals surface area contributed by atoms with Crippen molar-refractivity contribution < 1.29 is 19.3 Å². The van der Waals surface area contributed by atoms with Crippen LogP contribution in [0, 0.1) is 6.92 Å². The zero-order valence-electron chi connectivity index (χ0n) is 22.0. The van der Waals surface area contributed by atoms with Crippen LogP contribution in [0.25, 0.3) is 0 Å². The fourth-order valence-corrected chi connectivity index (χ4v) is 5.76. The topological polar surface area (TPSA) is 103 Å². The molecule has 40 heavy (non-hydrogen) atoms. The van der Waals surface area contributed by atoms with Crippen molar-refractivity contribution in [2.45, 2.75) is 49.9 Å². The average molecular weight is 539 g/mol. The van der Waals surface area contributed by atoms with Gasteiger partial charge in [-0.05, 0) is 31.0 Å². The van der Waals surface area contributed by atoms with Crippen LogP contribution in [-0.4, -0.2) is 33.0 Å². The molecule has 0 spiro atoms. The summed E-state index contributed by atoms with van der Waals surface area (Å²) in [6.45, 7) is 5.57. The number of nitrogens with one attached hydrogen (secondary N) is 1. The molecule has 4 atom stereocenters. The zero-order valence-corrected chi connectivity index (χ0v) is 22.0. The van der Waals surface area contributed by atoms with Gasteiger partial charge in [-0.3, -0.25) is 14.3 Å². The lowest BCUT2D eigenvalue weighted by Crippen LogP contribution is -2.45. The molecule has 6 rings (SSSR count). The molecular formula is C32H30N2O6. The summed E-state index contributed by atoms with van der Waals surface area (Å²) in [7, 11) is 0. The maximum Gasteiger partial charge on any atom is 0.330 e. The van der Waals surface area contributed by atoms with Crippen molar-refractivity contribution in [1.29, 1.82) is 0 Å². The molecule has 3 aromatic carbocycles. The number of H-pyrrole nitrogens is 1. The molecule has 8 nitrogen and oxygen atoms in total. The highest BCUT2D eigenvalue weighted by Gasteiger charge is 2.50. The number of aliphatic hydroxyl groups is 1. The maximum atomic E-state index is 12.6.